The summed E-state index contributed by atoms with van der Waals surface area (Å²) in [4.78, 5) is 0. The van der Waals surface area contributed by atoms with E-state index in [1.807, 2.05) is 0 Å². The van der Waals surface area contributed by atoms with Crippen molar-refractivity contribution in [3.05, 3.63) is 11.6 Å². The summed E-state index contributed by atoms with van der Waals surface area (Å²) in [5.74, 6) is 0.831. The van der Waals surface area contributed by atoms with Gasteiger partial charge in [0.15, 0.2) is 0 Å². The summed E-state index contributed by atoms with van der Waals surface area (Å²) >= 11 is 0. The van der Waals surface area contributed by atoms with E-state index < -0.39 is 0 Å². The molecule has 1 fully saturated rings. The molecule has 0 unspecified atom stereocenters. The third-order valence-electron chi connectivity index (χ3n) is 3.46. The Morgan fingerprint density at radius 2 is 2.29 bits per heavy atom. The zero-order valence-electron chi connectivity index (χ0n) is 11.8. The Labute approximate surface area is 107 Å². The van der Waals surface area contributed by atoms with Crippen molar-refractivity contribution in [2.75, 3.05) is 19.8 Å². The number of nitrogens with one attached hydrogen (secondary N) is 1. The zero-order chi connectivity index (χ0) is 12.5. The fraction of sp³-hybridized carbons (Fsp3) is 0.867. The molecule has 0 aromatic rings. The molecule has 0 aliphatic carbocycles. The van der Waals surface area contributed by atoms with Gasteiger partial charge in [-0.05, 0) is 65.3 Å². The fourth-order valence-corrected chi connectivity index (χ4v) is 2.27. The summed E-state index contributed by atoms with van der Waals surface area (Å²) in [5, 5.41) is 3.61. The maximum atomic E-state index is 5.38. The molecule has 2 nitrogen and oxygen atoms in total. The maximum Gasteiger partial charge on any atom is 0.0495 e. The van der Waals surface area contributed by atoms with Gasteiger partial charge in [0, 0.05) is 19.3 Å². The van der Waals surface area contributed by atoms with Gasteiger partial charge in [-0.1, -0.05) is 11.6 Å². The van der Waals surface area contributed by atoms with Crippen molar-refractivity contribution in [1.29, 1.82) is 0 Å². The molecular weight excluding hydrogens is 210 g/mol. The summed E-state index contributed by atoms with van der Waals surface area (Å²) in [6.07, 6.45) is 8.67. The number of rotatable bonds is 8. The van der Waals surface area contributed by atoms with E-state index in [-0.39, 0.29) is 0 Å². The summed E-state index contributed by atoms with van der Waals surface area (Å²) in [5.41, 5.74) is 1.43. The Morgan fingerprint density at radius 3 is 2.94 bits per heavy atom. The molecule has 0 aromatic heterocycles. The van der Waals surface area contributed by atoms with Crippen molar-refractivity contribution in [1.82, 2.24) is 5.32 Å². The van der Waals surface area contributed by atoms with Crippen LogP contribution in [0.15, 0.2) is 11.6 Å². The van der Waals surface area contributed by atoms with Gasteiger partial charge >= 0.3 is 0 Å². The van der Waals surface area contributed by atoms with Crippen molar-refractivity contribution in [3.8, 4) is 0 Å². The van der Waals surface area contributed by atoms with Crippen LogP contribution in [0.2, 0.25) is 0 Å². The molecule has 0 aromatic carbocycles. The lowest BCUT2D eigenvalue weighted by Crippen LogP contribution is -2.27. The van der Waals surface area contributed by atoms with E-state index in [2.05, 4.69) is 32.2 Å². The number of allylic oxidation sites excluding steroid dienone is 2. The monoisotopic (exact) mass is 239 g/mol. The van der Waals surface area contributed by atoms with Crippen LogP contribution >= 0.6 is 0 Å². The average Bonchev–Trinajstić information content (AvgIpc) is 2.76. The highest BCUT2D eigenvalue weighted by Gasteiger charge is 2.14. The summed E-state index contributed by atoms with van der Waals surface area (Å²) in [6.45, 7) is 9.76. The van der Waals surface area contributed by atoms with Crippen LogP contribution in [0.3, 0.4) is 0 Å². The lowest BCUT2D eigenvalue weighted by atomic mass is 10.0. The molecule has 2 heteroatoms. The average molecular weight is 239 g/mol. The lowest BCUT2D eigenvalue weighted by molar-refractivity contribution is 0.183. The molecule has 2 atom stereocenters. The van der Waals surface area contributed by atoms with Gasteiger partial charge in [0.05, 0.1) is 0 Å². The van der Waals surface area contributed by atoms with Gasteiger partial charge in [-0.3, -0.25) is 0 Å². The first kappa shape index (κ1) is 14.7. The Bertz CT molecular complexity index is 215. The van der Waals surface area contributed by atoms with Crippen molar-refractivity contribution >= 4 is 0 Å². The topological polar surface area (TPSA) is 21.3 Å². The van der Waals surface area contributed by atoms with Gasteiger partial charge in [-0.2, -0.15) is 0 Å². The molecule has 0 amide bonds. The Hall–Kier alpha value is -0.340. The highest BCUT2D eigenvalue weighted by molar-refractivity contribution is 4.93. The molecule has 1 N–H and O–H groups in total. The smallest absolute Gasteiger partial charge is 0.0495 e. The molecule has 0 bridgehead atoms. The van der Waals surface area contributed by atoms with Gasteiger partial charge in [-0.15, -0.1) is 0 Å². The quantitative estimate of drug-likeness (QED) is 0.517. The van der Waals surface area contributed by atoms with Crippen LogP contribution in [-0.4, -0.2) is 25.8 Å². The normalized spacial score (nSPS) is 21.5. The van der Waals surface area contributed by atoms with Gasteiger partial charge < -0.3 is 10.1 Å². The van der Waals surface area contributed by atoms with Crippen LogP contribution in [0, 0.1) is 5.92 Å². The van der Waals surface area contributed by atoms with Crippen LogP contribution in [-0.2, 0) is 4.74 Å². The van der Waals surface area contributed by atoms with Crippen molar-refractivity contribution in [2.45, 2.75) is 58.9 Å². The highest BCUT2D eigenvalue weighted by Crippen LogP contribution is 2.17. The van der Waals surface area contributed by atoms with E-state index in [0.717, 1.165) is 25.7 Å². The van der Waals surface area contributed by atoms with Crippen molar-refractivity contribution in [2.24, 2.45) is 5.92 Å². The van der Waals surface area contributed by atoms with E-state index in [0.29, 0.717) is 6.04 Å². The first-order valence-electron chi connectivity index (χ1n) is 7.13. The molecule has 0 saturated carbocycles. The largest absolute Gasteiger partial charge is 0.381 e. The fourth-order valence-electron chi connectivity index (χ4n) is 2.27. The molecule has 1 aliphatic rings. The predicted octanol–water partition coefficient (Wildman–Crippen LogP) is 3.53. The number of hydrogen-bond donors (Lipinski definition) is 1. The SMILES string of the molecule is CC(C)=CCC[C@H](C)NCCC[C@H]1CCOC1. The second-order valence-corrected chi connectivity index (χ2v) is 5.59. The van der Waals surface area contributed by atoms with Crippen molar-refractivity contribution in [3.63, 3.8) is 0 Å². The third-order valence-corrected chi connectivity index (χ3v) is 3.46. The number of ether oxygens (including phenoxy) is 1. The highest BCUT2D eigenvalue weighted by atomic mass is 16.5. The Morgan fingerprint density at radius 1 is 1.47 bits per heavy atom. The van der Waals surface area contributed by atoms with Gasteiger partial charge in [0.25, 0.3) is 0 Å². The van der Waals surface area contributed by atoms with Gasteiger partial charge in [0.1, 0.15) is 0 Å². The minimum absolute atomic E-state index is 0.644. The maximum absolute atomic E-state index is 5.38. The van der Waals surface area contributed by atoms with Crippen LogP contribution < -0.4 is 5.32 Å². The minimum atomic E-state index is 0.644. The molecule has 0 radical (unpaired) electrons. The van der Waals surface area contributed by atoms with Crippen molar-refractivity contribution < 1.29 is 4.74 Å². The first-order chi connectivity index (χ1) is 8.18. The van der Waals surface area contributed by atoms with Gasteiger partial charge in [0.2, 0.25) is 0 Å². The molecule has 17 heavy (non-hydrogen) atoms. The molecule has 1 aliphatic heterocycles. The number of hydrogen-bond acceptors (Lipinski definition) is 2. The Kier molecular flexibility index (Phi) is 7.54. The molecule has 1 heterocycles. The van der Waals surface area contributed by atoms with Crippen LogP contribution in [0.4, 0.5) is 0 Å². The molecule has 1 rings (SSSR count). The van der Waals surface area contributed by atoms with E-state index in [9.17, 15) is 0 Å². The molecule has 1 saturated heterocycles. The minimum Gasteiger partial charge on any atom is -0.381 e. The van der Waals surface area contributed by atoms with E-state index in [1.54, 1.807) is 0 Å². The van der Waals surface area contributed by atoms with Crippen LogP contribution in [0.5, 0.6) is 0 Å². The molecular formula is C15H29NO. The lowest BCUT2D eigenvalue weighted by Gasteiger charge is -2.13. The van der Waals surface area contributed by atoms with E-state index >= 15 is 0 Å². The van der Waals surface area contributed by atoms with Crippen LogP contribution in [0.25, 0.3) is 0 Å². The summed E-state index contributed by atoms with van der Waals surface area (Å²) in [7, 11) is 0. The molecule has 100 valence electrons. The predicted molar refractivity (Wildman–Crippen MR) is 74.3 cm³/mol. The Balaban J connectivity index is 1.92. The van der Waals surface area contributed by atoms with Crippen LogP contribution in [0.1, 0.15) is 52.9 Å². The third kappa shape index (κ3) is 7.56. The zero-order valence-corrected chi connectivity index (χ0v) is 11.8. The molecule has 0 spiro atoms. The standard InChI is InChI=1S/C15H29NO/c1-13(2)6-4-7-14(3)16-10-5-8-15-9-11-17-12-15/h6,14-16H,4-5,7-12H2,1-3H3/t14-,15-/m0/s1. The van der Waals surface area contributed by atoms with Gasteiger partial charge in [-0.25, -0.2) is 0 Å². The summed E-state index contributed by atoms with van der Waals surface area (Å²) in [6, 6.07) is 0.644. The van der Waals surface area contributed by atoms with E-state index in [4.69, 9.17) is 4.74 Å². The second kappa shape index (κ2) is 8.71. The summed E-state index contributed by atoms with van der Waals surface area (Å²) < 4.78 is 5.38. The van der Waals surface area contributed by atoms with E-state index in [1.165, 1.54) is 37.7 Å². The first-order valence-corrected chi connectivity index (χ1v) is 7.13. The second-order valence-electron chi connectivity index (χ2n) is 5.59.